The molecule has 1 N–H and O–H groups in total. The Hall–Kier alpha value is -3.33. The Kier molecular flexibility index (Phi) is 3.82. The van der Waals surface area contributed by atoms with Gasteiger partial charge in [-0.1, -0.05) is 0 Å². The SMILES string of the molecule is O=C(OCc1nc2scc(-c3ccco3)c2c(=O)[nH]1)c1cnccn1. The zero-order chi connectivity index (χ0) is 17.2. The monoisotopic (exact) mass is 354 g/mol. The lowest BCUT2D eigenvalue weighted by molar-refractivity contribution is 0.0455. The first-order chi connectivity index (χ1) is 12.2. The second kappa shape index (κ2) is 6.29. The molecule has 0 saturated carbocycles. The van der Waals surface area contributed by atoms with Gasteiger partial charge in [-0.15, -0.1) is 11.3 Å². The largest absolute Gasteiger partial charge is 0.464 e. The first kappa shape index (κ1) is 15.2. The molecule has 0 radical (unpaired) electrons. The minimum absolute atomic E-state index is 0.0853. The Morgan fingerprint density at radius 2 is 2.28 bits per heavy atom. The summed E-state index contributed by atoms with van der Waals surface area (Å²) >= 11 is 1.32. The third-order valence-corrected chi connectivity index (χ3v) is 4.26. The van der Waals surface area contributed by atoms with Crippen LogP contribution in [0, 0.1) is 0 Å². The van der Waals surface area contributed by atoms with Gasteiger partial charge in [-0.25, -0.2) is 14.8 Å². The second-order valence-electron chi connectivity index (χ2n) is 4.99. The van der Waals surface area contributed by atoms with Gasteiger partial charge in [0.1, 0.15) is 23.0 Å². The van der Waals surface area contributed by atoms with E-state index in [2.05, 4.69) is 19.9 Å². The minimum atomic E-state index is -0.640. The summed E-state index contributed by atoms with van der Waals surface area (Å²) in [6.45, 7) is -0.172. The molecule has 4 aromatic heterocycles. The van der Waals surface area contributed by atoms with E-state index in [1.54, 1.807) is 23.8 Å². The van der Waals surface area contributed by atoms with Crippen LogP contribution in [0.25, 0.3) is 21.5 Å². The Balaban J connectivity index is 1.60. The first-order valence-corrected chi connectivity index (χ1v) is 8.08. The minimum Gasteiger partial charge on any atom is -0.464 e. The second-order valence-corrected chi connectivity index (χ2v) is 5.84. The Morgan fingerprint density at radius 3 is 3.04 bits per heavy atom. The molecule has 124 valence electrons. The third-order valence-electron chi connectivity index (χ3n) is 3.39. The maximum absolute atomic E-state index is 12.4. The molecule has 4 rings (SSSR count). The van der Waals surface area contributed by atoms with Crippen LogP contribution >= 0.6 is 11.3 Å². The fourth-order valence-corrected chi connectivity index (χ4v) is 3.23. The van der Waals surface area contributed by atoms with Crippen LogP contribution < -0.4 is 5.56 Å². The van der Waals surface area contributed by atoms with Crippen molar-refractivity contribution in [2.24, 2.45) is 0 Å². The van der Waals surface area contributed by atoms with E-state index in [0.29, 0.717) is 21.5 Å². The fraction of sp³-hybridized carbons (Fsp3) is 0.0625. The molecule has 0 fully saturated rings. The molecule has 0 spiro atoms. The number of fused-ring (bicyclic) bond motifs is 1. The number of carbonyl (C=O) groups is 1. The van der Waals surface area contributed by atoms with Crippen molar-refractivity contribution in [2.75, 3.05) is 0 Å². The van der Waals surface area contributed by atoms with E-state index in [0.717, 1.165) is 0 Å². The van der Waals surface area contributed by atoms with Crippen LogP contribution in [-0.2, 0) is 11.3 Å². The normalized spacial score (nSPS) is 10.9. The molecule has 0 aliphatic carbocycles. The van der Waals surface area contributed by atoms with Crippen molar-refractivity contribution >= 4 is 27.5 Å². The van der Waals surface area contributed by atoms with E-state index in [9.17, 15) is 9.59 Å². The Morgan fingerprint density at radius 1 is 1.36 bits per heavy atom. The average Bonchev–Trinajstić information content (AvgIpc) is 3.29. The number of rotatable bonds is 4. The number of nitrogens with one attached hydrogen (secondary N) is 1. The van der Waals surface area contributed by atoms with Gasteiger partial charge in [-0.3, -0.25) is 9.78 Å². The van der Waals surface area contributed by atoms with Gasteiger partial charge in [0, 0.05) is 23.3 Å². The molecular formula is C16H10N4O4S. The zero-order valence-electron chi connectivity index (χ0n) is 12.6. The molecule has 0 bridgehead atoms. The summed E-state index contributed by atoms with van der Waals surface area (Å²) in [5.74, 6) is 0.210. The topological polar surface area (TPSA) is 111 Å². The molecule has 0 aromatic carbocycles. The Bertz CT molecular complexity index is 1090. The summed E-state index contributed by atoms with van der Waals surface area (Å²) in [4.78, 5) is 39.4. The Labute approximate surface area is 144 Å². The molecule has 0 saturated heterocycles. The van der Waals surface area contributed by atoms with Crippen molar-refractivity contribution in [1.82, 2.24) is 19.9 Å². The van der Waals surface area contributed by atoms with Gasteiger partial charge < -0.3 is 14.1 Å². The van der Waals surface area contributed by atoms with Crippen LogP contribution in [0.15, 0.2) is 51.6 Å². The molecule has 0 amide bonds. The number of hydrogen-bond acceptors (Lipinski definition) is 8. The van der Waals surface area contributed by atoms with Gasteiger partial charge in [-0.2, -0.15) is 0 Å². The van der Waals surface area contributed by atoms with Crippen LogP contribution in [0.1, 0.15) is 16.3 Å². The summed E-state index contributed by atoms with van der Waals surface area (Å²) in [6, 6.07) is 3.53. The highest BCUT2D eigenvalue weighted by molar-refractivity contribution is 7.17. The summed E-state index contributed by atoms with van der Waals surface area (Å²) in [5, 5.41) is 2.25. The molecule has 4 aromatic rings. The molecule has 25 heavy (non-hydrogen) atoms. The molecule has 0 aliphatic rings. The predicted molar refractivity (Wildman–Crippen MR) is 89.1 cm³/mol. The van der Waals surface area contributed by atoms with Gasteiger partial charge in [0.05, 0.1) is 17.8 Å². The lowest BCUT2D eigenvalue weighted by atomic mass is 10.2. The van der Waals surface area contributed by atoms with Gasteiger partial charge in [0.25, 0.3) is 5.56 Å². The molecule has 4 heterocycles. The molecule has 0 aliphatic heterocycles. The lowest BCUT2D eigenvalue weighted by Crippen LogP contribution is -2.14. The van der Waals surface area contributed by atoms with Gasteiger partial charge in [0.2, 0.25) is 0 Å². The molecule has 8 nitrogen and oxygen atoms in total. The van der Waals surface area contributed by atoms with Crippen LogP contribution in [0.3, 0.4) is 0 Å². The van der Waals surface area contributed by atoms with Crippen LogP contribution in [0.4, 0.5) is 0 Å². The summed E-state index contributed by atoms with van der Waals surface area (Å²) < 4.78 is 10.5. The van der Waals surface area contributed by atoms with Crippen molar-refractivity contribution in [3.63, 3.8) is 0 Å². The highest BCUT2D eigenvalue weighted by atomic mass is 32.1. The number of thiophene rings is 1. The van der Waals surface area contributed by atoms with Crippen molar-refractivity contribution in [3.8, 4) is 11.3 Å². The highest BCUT2D eigenvalue weighted by Crippen LogP contribution is 2.30. The molecule has 0 atom stereocenters. The number of esters is 1. The number of aromatic nitrogens is 4. The zero-order valence-corrected chi connectivity index (χ0v) is 13.4. The predicted octanol–water partition coefficient (Wildman–Crippen LogP) is 2.39. The maximum atomic E-state index is 12.4. The number of carbonyl (C=O) groups excluding carboxylic acids is 1. The van der Waals surface area contributed by atoms with E-state index in [1.165, 1.54) is 29.9 Å². The number of hydrogen-bond donors (Lipinski definition) is 1. The highest BCUT2D eigenvalue weighted by Gasteiger charge is 2.16. The van der Waals surface area contributed by atoms with Crippen molar-refractivity contribution in [2.45, 2.75) is 6.61 Å². The van der Waals surface area contributed by atoms with Gasteiger partial charge in [-0.05, 0) is 12.1 Å². The fourth-order valence-electron chi connectivity index (χ4n) is 2.29. The van der Waals surface area contributed by atoms with E-state index < -0.39 is 5.97 Å². The van der Waals surface area contributed by atoms with Gasteiger partial charge >= 0.3 is 5.97 Å². The van der Waals surface area contributed by atoms with E-state index in [1.807, 2.05) is 0 Å². The summed E-state index contributed by atoms with van der Waals surface area (Å²) in [6.07, 6.45) is 5.69. The van der Waals surface area contributed by atoms with E-state index in [4.69, 9.17) is 9.15 Å². The molecule has 9 heteroatoms. The standard InChI is InChI=1S/C16H10N4O4S/c21-14-13-9(11-2-1-5-23-11)8-25-15(13)20-12(19-14)7-24-16(22)10-6-17-3-4-18-10/h1-6,8H,7H2,(H,19,20,21). The van der Waals surface area contributed by atoms with Crippen LogP contribution in [-0.4, -0.2) is 25.9 Å². The lowest BCUT2D eigenvalue weighted by Gasteiger charge is -2.03. The smallest absolute Gasteiger partial charge is 0.358 e. The molecular weight excluding hydrogens is 344 g/mol. The van der Waals surface area contributed by atoms with Gasteiger partial charge in [0.15, 0.2) is 5.69 Å². The summed E-state index contributed by atoms with van der Waals surface area (Å²) in [7, 11) is 0. The first-order valence-electron chi connectivity index (χ1n) is 7.20. The summed E-state index contributed by atoms with van der Waals surface area (Å²) in [5.41, 5.74) is 0.451. The average molecular weight is 354 g/mol. The van der Waals surface area contributed by atoms with E-state index in [-0.39, 0.29) is 23.7 Å². The van der Waals surface area contributed by atoms with Crippen molar-refractivity contribution in [1.29, 1.82) is 0 Å². The number of aromatic amines is 1. The maximum Gasteiger partial charge on any atom is 0.358 e. The van der Waals surface area contributed by atoms with Crippen LogP contribution in [0.5, 0.6) is 0 Å². The molecule has 0 unspecified atom stereocenters. The quantitative estimate of drug-likeness (QED) is 0.560. The van der Waals surface area contributed by atoms with Crippen molar-refractivity contribution in [3.05, 3.63) is 64.2 Å². The number of ether oxygens (including phenoxy) is 1. The number of furan rings is 1. The number of nitrogens with zero attached hydrogens (tertiary/aromatic N) is 3. The van der Waals surface area contributed by atoms with E-state index >= 15 is 0 Å². The van der Waals surface area contributed by atoms with Crippen molar-refractivity contribution < 1.29 is 13.9 Å². The third kappa shape index (κ3) is 2.92. The van der Waals surface area contributed by atoms with Crippen LogP contribution in [0.2, 0.25) is 0 Å². The number of H-pyrrole nitrogens is 1.